The van der Waals surface area contributed by atoms with Gasteiger partial charge in [0.2, 0.25) is 5.91 Å². The van der Waals surface area contributed by atoms with E-state index < -0.39 is 6.04 Å². The Bertz CT molecular complexity index is 456. The average Bonchev–Trinajstić information content (AvgIpc) is 2.44. The van der Waals surface area contributed by atoms with E-state index in [0.717, 1.165) is 19.3 Å². The maximum atomic E-state index is 12.4. The highest BCUT2D eigenvalue weighted by Crippen LogP contribution is 2.33. The minimum Gasteiger partial charge on any atom is -0.337 e. The van der Waals surface area contributed by atoms with Crippen LogP contribution in [0.15, 0.2) is 24.3 Å². The highest BCUT2D eigenvalue weighted by atomic mass is 16.2. The molecule has 19 heavy (non-hydrogen) atoms. The van der Waals surface area contributed by atoms with E-state index in [4.69, 9.17) is 5.73 Å². The Labute approximate surface area is 115 Å². The number of carbonyl (C=O) groups is 1. The molecule has 0 saturated heterocycles. The Morgan fingerprint density at radius 1 is 1.37 bits per heavy atom. The molecule has 0 saturated carbocycles. The molecule has 3 heteroatoms. The van der Waals surface area contributed by atoms with Gasteiger partial charge in [0.05, 0.1) is 12.1 Å². The number of rotatable bonds is 3. The Kier molecular flexibility index (Phi) is 4.25. The first-order valence-corrected chi connectivity index (χ1v) is 7.12. The van der Waals surface area contributed by atoms with Crippen LogP contribution in [0, 0.1) is 5.92 Å². The third-order valence-corrected chi connectivity index (χ3v) is 4.16. The third-order valence-electron chi connectivity index (χ3n) is 4.16. The number of hydrogen-bond acceptors (Lipinski definition) is 2. The molecule has 1 aliphatic carbocycles. The molecule has 0 bridgehead atoms. The number of hydrogen-bond donors (Lipinski definition) is 1. The van der Waals surface area contributed by atoms with Crippen LogP contribution in [0.3, 0.4) is 0 Å². The summed E-state index contributed by atoms with van der Waals surface area (Å²) in [5.41, 5.74) is 8.66. The molecule has 1 aromatic carbocycles. The molecule has 2 rings (SSSR count). The van der Waals surface area contributed by atoms with E-state index in [1.165, 1.54) is 11.1 Å². The molecule has 2 atom stereocenters. The highest BCUT2D eigenvalue weighted by Gasteiger charge is 2.29. The number of likely N-dealkylation sites (N-methyl/N-ethyl adjacent to an activating group) is 1. The molecule has 2 N–H and O–H groups in total. The van der Waals surface area contributed by atoms with E-state index in [9.17, 15) is 4.79 Å². The molecular formula is C16H24N2O. The van der Waals surface area contributed by atoms with Crippen LogP contribution >= 0.6 is 0 Å². The number of amides is 1. The Hall–Kier alpha value is -1.35. The fourth-order valence-corrected chi connectivity index (χ4v) is 2.80. The second-order valence-corrected chi connectivity index (χ2v) is 5.83. The predicted molar refractivity (Wildman–Crippen MR) is 77.7 cm³/mol. The molecule has 0 aliphatic heterocycles. The minimum atomic E-state index is -0.404. The van der Waals surface area contributed by atoms with Gasteiger partial charge in [-0.05, 0) is 36.3 Å². The summed E-state index contributed by atoms with van der Waals surface area (Å²) in [6.07, 6.45) is 3.28. The predicted octanol–water partition coefficient (Wildman–Crippen LogP) is 2.51. The zero-order valence-corrected chi connectivity index (χ0v) is 12.1. The smallest absolute Gasteiger partial charge is 0.240 e. The summed E-state index contributed by atoms with van der Waals surface area (Å²) in [6, 6.07) is 8.22. The van der Waals surface area contributed by atoms with Crippen molar-refractivity contribution in [3.05, 3.63) is 35.4 Å². The monoisotopic (exact) mass is 260 g/mol. The van der Waals surface area contributed by atoms with Crippen LogP contribution < -0.4 is 5.73 Å². The molecular weight excluding hydrogens is 236 g/mol. The van der Waals surface area contributed by atoms with Gasteiger partial charge in [-0.15, -0.1) is 0 Å². The summed E-state index contributed by atoms with van der Waals surface area (Å²) in [6.45, 7) is 3.98. The van der Waals surface area contributed by atoms with Crippen LogP contribution in [0.1, 0.15) is 43.9 Å². The van der Waals surface area contributed by atoms with Gasteiger partial charge in [0.25, 0.3) is 0 Å². The topological polar surface area (TPSA) is 46.3 Å². The molecule has 1 aromatic rings. The van der Waals surface area contributed by atoms with Gasteiger partial charge < -0.3 is 10.6 Å². The lowest BCUT2D eigenvalue weighted by atomic mass is 9.86. The Morgan fingerprint density at radius 3 is 2.74 bits per heavy atom. The molecule has 0 heterocycles. The largest absolute Gasteiger partial charge is 0.337 e. The molecule has 0 fully saturated rings. The van der Waals surface area contributed by atoms with Gasteiger partial charge in [0.15, 0.2) is 0 Å². The van der Waals surface area contributed by atoms with Crippen LogP contribution in [-0.4, -0.2) is 23.9 Å². The van der Waals surface area contributed by atoms with Crippen molar-refractivity contribution < 1.29 is 4.79 Å². The number of nitrogens with zero attached hydrogens (tertiary/aromatic N) is 1. The normalized spacial score (nSPS) is 19.9. The van der Waals surface area contributed by atoms with Gasteiger partial charge in [0.1, 0.15) is 0 Å². The van der Waals surface area contributed by atoms with Gasteiger partial charge in [-0.3, -0.25) is 4.79 Å². The SMILES string of the molecule is CC(C)C(N)C(=O)N(C)C1CCCc2ccccc21. The summed E-state index contributed by atoms with van der Waals surface area (Å²) in [4.78, 5) is 14.2. The number of fused-ring (bicyclic) bond motifs is 1. The summed E-state index contributed by atoms with van der Waals surface area (Å²) in [5.74, 6) is 0.227. The number of benzene rings is 1. The van der Waals surface area contributed by atoms with Crippen molar-refractivity contribution in [1.29, 1.82) is 0 Å². The maximum Gasteiger partial charge on any atom is 0.240 e. The first-order valence-electron chi connectivity index (χ1n) is 7.12. The summed E-state index contributed by atoms with van der Waals surface area (Å²) in [5, 5.41) is 0. The maximum absolute atomic E-state index is 12.4. The van der Waals surface area contributed by atoms with Crippen molar-refractivity contribution >= 4 is 5.91 Å². The third kappa shape index (κ3) is 2.81. The zero-order valence-electron chi connectivity index (χ0n) is 12.1. The average molecular weight is 260 g/mol. The van der Waals surface area contributed by atoms with E-state index in [1.807, 2.05) is 25.8 Å². The number of nitrogens with two attached hydrogens (primary N) is 1. The van der Waals surface area contributed by atoms with Gasteiger partial charge in [-0.25, -0.2) is 0 Å². The van der Waals surface area contributed by atoms with Crippen LogP contribution in [0.2, 0.25) is 0 Å². The molecule has 0 aromatic heterocycles. The zero-order chi connectivity index (χ0) is 14.0. The lowest BCUT2D eigenvalue weighted by molar-refractivity contribution is -0.134. The van der Waals surface area contributed by atoms with Crippen molar-refractivity contribution in [3.8, 4) is 0 Å². The molecule has 0 spiro atoms. The molecule has 3 nitrogen and oxygen atoms in total. The van der Waals surface area contributed by atoms with E-state index >= 15 is 0 Å². The first-order chi connectivity index (χ1) is 9.02. The van der Waals surface area contributed by atoms with Crippen molar-refractivity contribution in [2.45, 2.75) is 45.2 Å². The second kappa shape index (κ2) is 5.74. The van der Waals surface area contributed by atoms with E-state index in [-0.39, 0.29) is 17.9 Å². The van der Waals surface area contributed by atoms with Crippen LogP contribution in [-0.2, 0) is 11.2 Å². The van der Waals surface area contributed by atoms with Gasteiger partial charge in [0, 0.05) is 7.05 Å². The Balaban J connectivity index is 2.21. The molecule has 1 amide bonds. The summed E-state index contributed by atoms with van der Waals surface area (Å²) in [7, 11) is 1.89. The number of carbonyl (C=O) groups excluding carboxylic acids is 1. The summed E-state index contributed by atoms with van der Waals surface area (Å²) < 4.78 is 0. The van der Waals surface area contributed by atoms with Gasteiger partial charge in [-0.1, -0.05) is 38.1 Å². The fraction of sp³-hybridized carbons (Fsp3) is 0.562. The quantitative estimate of drug-likeness (QED) is 0.907. The van der Waals surface area contributed by atoms with Gasteiger partial charge >= 0.3 is 0 Å². The number of aryl methyl sites for hydroxylation is 1. The van der Waals surface area contributed by atoms with Gasteiger partial charge in [-0.2, -0.15) is 0 Å². The van der Waals surface area contributed by atoms with Crippen molar-refractivity contribution in [2.75, 3.05) is 7.05 Å². The van der Waals surface area contributed by atoms with Crippen LogP contribution in [0.25, 0.3) is 0 Å². The molecule has 2 unspecified atom stereocenters. The van der Waals surface area contributed by atoms with Crippen molar-refractivity contribution in [3.63, 3.8) is 0 Å². The van der Waals surface area contributed by atoms with Crippen molar-refractivity contribution in [2.24, 2.45) is 11.7 Å². The Morgan fingerprint density at radius 2 is 2.05 bits per heavy atom. The van der Waals surface area contributed by atoms with E-state index in [2.05, 4.69) is 24.3 Å². The van der Waals surface area contributed by atoms with Crippen molar-refractivity contribution in [1.82, 2.24) is 4.90 Å². The minimum absolute atomic E-state index is 0.0525. The highest BCUT2D eigenvalue weighted by molar-refractivity contribution is 5.82. The lowest BCUT2D eigenvalue weighted by Gasteiger charge is -2.35. The van der Waals surface area contributed by atoms with Crippen LogP contribution in [0.4, 0.5) is 0 Å². The molecule has 104 valence electrons. The fourth-order valence-electron chi connectivity index (χ4n) is 2.80. The van der Waals surface area contributed by atoms with E-state index in [0.29, 0.717) is 0 Å². The van der Waals surface area contributed by atoms with E-state index in [1.54, 1.807) is 0 Å². The lowest BCUT2D eigenvalue weighted by Crippen LogP contribution is -2.46. The van der Waals surface area contributed by atoms with Crippen LogP contribution in [0.5, 0.6) is 0 Å². The second-order valence-electron chi connectivity index (χ2n) is 5.83. The summed E-state index contributed by atoms with van der Waals surface area (Å²) >= 11 is 0. The molecule has 0 radical (unpaired) electrons. The first kappa shape index (κ1) is 14.1. The standard InChI is InChI=1S/C16H24N2O/c1-11(2)15(17)16(19)18(3)14-10-6-8-12-7-4-5-9-13(12)14/h4-5,7,9,11,14-15H,6,8,10,17H2,1-3H3. The molecule has 1 aliphatic rings.